The largest absolute Gasteiger partial charge is 0.360 e. The topological polar surface area (TPSA) is 79.2 Å². The molecule has 31 heavy (non-hydrogen) atoms. The number of fused-ring (bicyclic) bond motifs is 2. The molecule has 8 heteroatoms. The van der Waals surface area contributed by atoms with Gasteiger partial charge in [-0.1, -0.05) is 25.1 Å². The molecule has 0 aliphatic carbocycles. The lowest BCUT2D eigenvalue weighted by Gasteiger charge is -2.16. The molecule has 2 atom stereocenters. The minimum atomic E-state index is -0.274. The average molecular weight is 417 g/mol. The number of halogens is 1. The number of aryl methyl sites for hydroxylation is 1. The molecule has 0 amide bonds. The Balaban J connectivity index is 1.63. The Hall–Kier alpha value is -3.68. The van der Waals surface area contributed by atoms with Gasteiger partial charge in [0.25, 0.3) is 0 Å². The first-order valence-electron chi connectivity index (χ1n) is 10.5. The fourth-order valence-corrected chi connectivity index (χ4v) is 4.11. The third-order valence-corrected chi connectivity index (χ3v) is 5.56. The van der Waals surface area contributed by atoms with Crippen molar-refractivity contribution in [2.24, 2.45) is 0 Å². The van der Waals surface area contributed by atoms with Gasteiger partial charge < -0.3 is 16.0 Å². The van der Waals surface area contributed by atoms with Gasteiger partial charge >= 0.3 is 0 Å². The van der Waals surface area contributed by atoms with Gasteiger partial charge in [0.15, 0.2) is 11.6 Å². The molecule has 158 valence electrons. The first-order chi connectivity index (χ1) is 15.0. The number of aromatic nitrogens is 4. The van der Waals surface area contributed by atoms with E-state index in [1.807, 2.05) is 36.6 Å². The van der Waals surface area contributed by atoms with Crippen LogP contribution in [0.1, 0.15) is 38.1 Å². The van der Waals surface area contributed by atoms with Crippen LogP contribution in [-0.4, -0.2) is 25.5 Å². The summed E-state index contributed by atoms with van der Waals surface area (Å²) in [5.41, 5.74) is 5.35. The van der Waals surface area contributed by atoms with Crippen molar-refractivity contribution in [3.05, 3.63) is 66.0 Å². The van der Waals surface area contributed by atoms with Gasteiger partial charge in [0, 0.05) is 11.8 Å². The Kier molecular flexibility index (Phi) is 4.69. The van der Waals surface area contributed by atoms with Crippen molar-refractivity contribution in [1.29, 1.82) is 0 Å². The molecule has 0 saturated carbocycles. The van der Waals surface area contributed by atoms with Gasteiger partial charge in [0.2, 0.25) is 0 Å². The molecule has 0 bridgehead atoms. The summed E-state index contributed by atoms with van der Waals surface area (Å²) in [6.07, 6.45) is 4.45. The number of anilines is 3. The Labute approximate surface area is 179 Å². The second-order valence-electron chi connectivity index (χ2n) is 7.76. The maximum absolute atomic E-state index is 14.1. The van der Waals surface area contributed by atoms with E-state index in [2.05, 4.69) is 38.9 Å². The van der Waals surface area contributed by atoms with Gasteiger partial charge in [-0.25, -0.2) is 19.3 Å². The first-order valence-corrected chi connectivity index (χ1v) is 10.5. The zero-order chi connectivity index (χ0) is 21.5. The van der Waals surface area contributed by atoms with Crippen LogP contribution in [0.15, 0.2) is 48.9 Å². The van der Waals surface area contributed by atoms with Crippen LogP contribution in [0.5, 0.6) is 0 Å². The zero-order valence-corrected chi connectivity index (χ0v) is 17.6. The third-order valence-electron chi connectivity index (χ3n) is 5.56. The van der Waals surface area contributed by atoms with E-state index in [0.717, 1.165) is 46.1 Å². The number of benzene rings is 1. The summed E-state index contributed by atoms with van der Waals surface area (Å²) in [5, 5.41) is 10.1. The molecule has 4 aromatic rings. The summed E-state index contributed by atoms with van der Waals surface area (Å²) in [6.45, 7) is 6.17. The molecule has 7 nitrogen and oxygen atoms in total. The number of imidazole rings is 1. The van der Waals surface area contributed by atoms with Gasteiger partial charge in [0.05, 0.1) is 23.6 Å². The second-order valence-corrected chi connectivity index (χ2v) is 7.76. The van der Waals surface area contributed by atoms with E-state index in [-0.39, 0.29) is 18.0 Å². The number of pyridine rings is 1. The van der Waals surface area contributed by atoms with Crippen LogP contribution in [0.25, 0.3) is 16.9 Å². The molecule has 3 aromatic heterocycles. The molecule has 0 fully saturated rings. The van der Waals surface area contributed by atoms with Gasteiger partial charge in [-0.2, -0.15) is 0 Å². The predicted octanol–water partition coefficient (Wildman–Crippen LogP) is 4.85. The highest BCUT2D eigenvalue weighted by atomic mass is 19.1. The second kappa shape index (κ2) is 7.54. The summed E-state index contributed by atoms with van der Waals surface area (Å²) < 4.78 is 16.1. The van der Waals surface area contributed by atoms with Crippen LogP contribution in [0.3, 0.4) is 0 Å². The van der Waals surface area contributed by atoms with Crippen LogP contribution < -0.4 is 16.0 Å². The molecule has 0 radical (unpaired) electrons. The monoisotopic (exact) mass is 417 g/mol. The third kappa shape index (κ3) is 3.34. The van der Waals surface area contributed by atoms with Gasteiger partial charge in [0.1, 0.15) is 23.5 Å². The van der Waals surface area contributed by atoms with E-state index in [1.54, 1.807) is 12.1 Å². The van der Waals surface area contributed by atoms with Crippen LogP contribution in [0, 0.1) is 5.82 Å². The maximum Gasteiger partial charge on any atom is 0.156 e. The molecule has 1 aromatic carbocycles. The lowest BCUT2D eigenvalue weighted by molar-refractivity contribution is 0.628. The van der Waals surface area contributed by atoms with Gasteiger partial charge in [-0.05, 0) is 44.0 Å². The SMILES string of the molecule is CCc1cccn2c(-c3cccc(F)c3)c(C(C)Nc3ncnc4c3NC(C)N4)nc12. The summed E-state index contributed by atoms with van der Waals surface area (Å²) in [6, 6.07) is 10.5. The molecular weight excluding hydrogens is 393 g/mol. The molecule has 1 aliphatic heterocycles. The van der Waals surface area contributed by atoms with Gasteiger partial charge in [-0.3, -0.25) is 4.40 Å². The number of hydrogen-bond acceptors (Lipinski definition) is 6. The van der Waals surface area contributed by atoms with Crippen molar-refractivity contribution in [1.82, 2.24) is 19.4 Å². The summed E-state index contributed by atoms with van der Waals surface area (Å²) in [7, 11) is 0. The smallest absolute Gasteiger partial charge is 0.156 e. The molecule has 0 spiro atoms. The Morgan fingerprint density at radius 3 is 2.87 bits per heavy atom. The lowest BCUT2D eigenvalue weighted by Crippen LogP contribution is -2.17. The molecule has 0 saturated heterocycles. The van der Waals surface area contributed by atoms with Crippen molar-refractivity contribution in [3.8, 4) is 11.3 Å². The predicted molar refractivity (Wildman–Crippen MR) is 121 cm³/mol. The lowest BCUT2D eigenvalue weighted by atomic mass is 10.1. The first kappa shape index (κ1) is 19.3. The van der Waals surface area contributed by atoms with E-state index in [4.69, 9.17) is 4.98 Å². The zero-order valence-electron chi connectivity index (χ0n) is 17.6. The summed E-state index contributed by atoms with van der Waals surface area (Å²) in [5.74, 6) is 1.20. The van der Waals surface area contributed by atoms with Crippen molar-refractivity contribution >= 4 is 23.0 Å². The van der Waals surface area contributed by atoms with Crippen LogP contribution in [-0.2, 0) is 6.42 Å². The quantitative estimate of drug-likeness (QED) is 0.431. The molecule has 5 rings (SSSR count). The van der Waals surface area contributed by atoms with Gasteiger partial charge in [-0.15, -0.1) is 0 Å². The van der Waals surface area contributed by atoms with E-state index < -0.39 is 0 Å². The summed E-state index contributed by atoms with van der Waals surface area (Å²) in [4.78, 5) is 13.7. The van der Waals surface area contributed by atoms with Crippen molar-refractivity contribution in [3.63, 3.8) is 0 Å². The molecule has 4 heterocycles. The molecular formula is C23H24FN7. The highest BCUT2D eigenvalue weighted by Crippen LogP contribution is 2.36. The van der Waals surface area contributed by atoms with E-state index >= 15 is 0 Å². The normalized spacial score (nSPS) is 15.9. The molecule has 2 unspecified atom stereocenters. The van der Waals surface area contributed by atoms with Crippen molar-refractivity contribution in [2.45, 2.75) is 39.4 Å². The van der Waals surface area contributed by atoms with E-state index in [9.17, 15) is 4.39 Å². The van der Waals surface area contributed by atoms with Crippen LogP contribution in [0.4, 0.5) is 21.7 Å². The van der Waals surface area contributed by atoms with E-state index in [0.29, 0.717) is 5.82 Å². The highest BCUT2D eigenvalue weighted by molar-refractivity contribution is 5.81. The van der Waals surface area contributed by atoms with E-state index in [1.165, 1.54) is 12.4 Å². The maximum atomic E-state index is 14.1. The molecule has 3 N–H and O–H groups in total. The minimum absolute atomic E-state index is 0.0766. The Morgan fingerprint density at radius 1 is 1.19 bits per heavy atom. The highest BCUT2D eigenvalue weighted by Gasteiger charge is 2.25. The number of nitrogens with zero attached hydrogens (tertiary/aromatic N) is 4. The van der Waals surface area contributed by atoms with Crippen molar-refractivity contribution in [2.75, 3.05) is 16.0 Å². The average Bonchev–Trinajstić information content (AvgIpc) is 3.34. The number of hydrogen-bond donors (Lipinski definition) is 3. The standard InChI is InChI=1S/C23H24FN7/c1-4-15-8-6-10-31-20(16-7-5-9-17(24)11-16)18(30-23(15)31)13(2)27-21-19-22(26-12-25-21)29-14(3)28-19/h5-14,28H,4H2,1-3H3,(H2,25,26,27,29). The minimum Gasteiger partial charge on any atom is -0.360 e. The number of rotatable bonds is 5. The fraction of sp³-hybridized carbons (Fsp3) is 0.261. The summed E-state index contributed by atoms with van der Waals surface area (Å²) >= 11 is 0. The van der Waals surface area contributed by atoms with Crippen molar-refractivity contribution < 1.29 is 4.39 Å². The van der Waals surface area contributed by atoms with Crippen LogP contribution in [0.2, 0.25) is 0 Å². The number of nitrogens with one attached hydrogen (secondary N) is 3. The Bertz CT molecular complexity index is 1270. The Morgan fingerprint density at radius 2 is 2.06 bits per heavy atom. The molecule has 1 aliphatic rings. The van der Waals surface area contributed by atoms with Crippen LogP contribution >= 0.6 is 0 Å². The fourth-order valence-electron chi connectivity index (χ4n) is 4.11.